The number of methoxy groups -OCH3 is 1. The summed E-state index contributed by atoms with van der Waals surface area (Å²) < 4.78 is 40.5. The van der Waals surface area contributed by atoms with Crippen LogP contribution in [0, 0.1) is 11.8 Å². The summed E-state index contributed by atoms with van der Waals surface area (Å²) in [5.74, 6) is 0.206. The molecule has 1 saturated carbocycles. The van der Waals surface area contributed by atoms with E-state index in [1.54, 1.807) is 25.3 Å². The van der Waals surface area contributed by atoms with Crippen molar-refractivity contribution in [3.63, 3.8) is 0 Å². The van der Waals surface area contributed by atoms with Crippen LogP contribution in [0.5, 0.6) is 5.75 Å². The first-order valence-corrected chi connectivity index (χ1v) is 17.5. The average Bonchev–Trinajstić information content (AvgIpc) is 3.04. The molecule has 2 aromatic rings. The molecule has 2 heterocycles. The smallest absolute Gasteiger partial charge is 0.267 e. The largest absolute Gasteiger partial charge is 0.487 e. The fourth-order valence-electron chi connectivity index (χ4n) is 6.89. The van der Waals surface area contributed by atoms with E-state index < -0.39 is 26.8 Å². The number of nitrogens with zero attached hydrogens (tertiary/aromatic N) is 2. The van der Waals surface area contributed by atoms with Crippen LogP contribution in [-0.2, 0) is 32.6 Å². The number of halogens is 1. The molecule has 0 radical (unpaired) electrons. The van der Waals surface area contributed by atoms with Gasteiger partial charge in [0.05, 0.1) is 10.9 Å². The average molecular weight is 643 g/mol. The van der Waals surface area contributed by atoms with Gasteiger partial charge < -0.3 is 14.4 Å². The molecule has 1 aliphatic carbocycles. The van der Waals surface area contributed by atoms with Gasteiger partial charge >= 0.3 is 0 Å². The Hall–Kier alpha value is -2.88. The second kappa shape index (κ2) is 13.6. The third-order valence-corrected chi connectivity index (χ3v) is 12.4. The Bertz CT molecular complexity index is 1510. The van der Waals surface area contributed by atoms with Crippen molar-refractivity contribution in [3.8, 4) is 5.75 Å². The van der Waals surface area contributed by atoms with Crippen molar-refractivity contribution in [2.45, 2.75) is 75.7 Å². The molecule has 0 saturated heterocycles. The van der Waals surface area contributed by atoms with Crippen molar-refractivity contribution in [1.29, 1.82) is 0 Å². The van der Waals surface area contributed by atoms with Crippen LogP contribution in [0.3, 0.4) is 0 Å². The molecular formula is C34H43ClN2O6S. The molecule has 2 bridgehead atoms. The Morgan fingerprint density at radius 3 is 2.64 bits per heavy atom. The number of aryl methyl sites for hydroxylation is 1. The molecule has 2 aromatic carbocycles. The molecule has 10 heteroatoms. The number of hydrogen-bond acceptors (Lipinski definition) is 7. The van der Waals surface area contributed by atoms with E-state index in [0.717, 1.165) is 59.5 Å². The highest BCUT2D eigenvalue weighted by Crippen LogP contribution is 2.45. The molecule has 44 heavy (non-hydrogen) atoms. The van der Waals surface area contributed by atoms with E-state index in [-0.39, 0.29) is 17.4 Å². The van der Waals surface area contributed by atoms with E-state index in [0.29, 0.717) is 49.7 Å². The van der Waals surface area contributed by atoms with E-state index in [9.17, 15) is 18.0 Å². The highest BCUT2D eigenvalue weighted by atomic mass is 35.5. The van der Waals surface area contributed by atoms with Crippen molar-refractivity contribution in [1.82, 2.24) is 4.31 Å². The molecule has 0 spiro atoms. The Morgan fingerprint density at radius 1 is 1.11 bits per heavy atom. The maximum absolute atomic E-state index is 13.7. The summed E-state index contributed by atoms with van der Waals surface area (Å²) in [5, 5.41) is -0.0496. The Morgan fingerprint density at radius 2 is 1.93 bits per heavy atom. The summed E-state index contributed by atoms with van der Waals surface area (Å²) in [5.41, 5.74) is 2.17. The van der Waals surface area contributed by atoms with Crippen molar-refractivity contribution in [2.24, 2.45) is 11.8 Å². The molecule has 5 rings (SSSR count). The van der Waals surface area contributed by atoms with Gasteiger partial charge in [0.15, 0.2) is 6.29 Å². The van der Waals surface area contributed by atoms with E-state index in [2.05, 4.69) is 4.90 Å². The summed E-state index contributed by atoms with van der Waals surface area (Å²) in [6, 6.07) is 11.1. The molecule has 1 amide bonds. The zero-order valence-corrected chi connectivity index (χ0v) is 27.4. The van der Waals surface area contributed by atoms with Gasteiger partial charge in [0.1, 0.15) is 18.0 Å². The lowest BCUT2D eigenvalue weighted by Gasteiger charge is -2.47. The maximum atomic E-state index is 13.7. The molecule has 0 unspecified atom stereocenters. The number of hydrogen-bond donors (Lipinski definition) is 0. The van der Waals surface area contributed by atoms with Crippen molar-refractivity contribution in [2.75, 3.05) is 32.1 Å². The quantitative estimate of drug-likeness (QED) is 0.291. The van der Waals surface area contributed by atoms with Gasteiger partial charge in [-0.25, -0.2) is 12.7 Å². The molecule has 0 N–H and O–H groups in total. The number of anilines is 1. The van der Waals surface area contributed by atoms with E-state index in [1.165, 1.54) is 7.05 Å². The molecule has 3 aliphatic rings. The first-order valence-electron chi connectivity index (χ1n) is 15.6. The van der Waals surface area contributed by atoms with Gasteiger partial charge in [0, 0.05) is 43.8 Å². The van der Waals surface area contributed by atoms with Crippen LogP contribution in [0.4, 0.5) is 5.69 Å². The first kappa shape index (κ1) is 32.5. The molecule has 8 nitrogen and oxygen atoms in total. The van der Waals surface area contributed by atoms with Gasteiger partial charge in [-0.05, 0) is 105 Å². The van der Waals surface area contributed by atoms with E-state index >= 15 is 0 Å². The number of sulfonamides is 1. The summed E-state index contributed by atoms with van der Waals surface area (Å²) >= 11 is 6.33. The first-order chi connectivity index (χ1) is 21.1. The Balaban J connectivity index is 1.60. The zero-order chi connectivity index (χ0) is 31.5. The molecule has 0 aromatic heterocycles. The lowest BCUT2D eigenvalue weighted by molar-refractivity contribution is -0.135. The van der Waals surface area contributed by atoms with Crippen LogP contribution >= 0.6 is 11.6 Å². The highest BCUT2D eigenvalue weighted by Gasteiger charge is 2.47. The fourth-order valence-corrected chi connectivity index (χ4v) is 8.72. The maximum Gasteiger partial charge on any atom is 0.267 e. The van der Waals surface area contributed by atoms with E-state index in [1.807, 2.05) is 37.3 Å². The van der Waals surface area contributed by atoms with Gasteiger partial charge in [0.25, 0.3) is 5.91 Å². The normalized spacial score (nSPS) is 28.4. The van der Waals surface area contributed by atoms with Crippen LogP contribution in [0.25, 0.3) is 0 Å². The summed E-state index contributed by atoms with van der Waals surface area (Å²) in [6.45, 7) is 3.50. The highest BCUT2D eigenvalue weighted by molar-refractivity contribution is 7.90. The van der Waals surface area contributed by atoms with Crippen LogP contribution in [-0.4, -0.2) is 63.0 Å². The van der Waals surface area contributed by atoms with Crippen LogP contribution in [0.2, 0.25) is 5.02 Å². The number of fused-ring (bicyclic) bond motifs is 3. The van der Waals surface area contributed by atoms with Crippen LogP contribution in [0.1, 0.15) is 73.4 Å². The second-order valence-electron chi connectivity index (χ2n) is 12.2. The van der Waals surface area contributed by atoms with Crippen molar-refractivity contribution >= 4 is 39.5 Å². The number of aldehydes is 1. The second-order valence-corrected chi connectivity index (χ2v) is 14.9. The van der Waals surface area contributed by atoms with Crippen LogP contribution in [0.15, 0.2) is 48.6 Å². The molecule has 238 valence electrons. The molecular weight excluding hydrogens is 600 g/mol. The molecule has 2 aliphatic heterocycles. The van der Waals surface area contributed by atoms with Gasteiger partial charge in [-0.2, -0.15) is 0 Å². The summed E-state index contributed by atoms with van der Waals surface area (Å²) in [4.78, 5) is 28.6. The van der Waals surface area contributed by atoms with Gasteiger partial charge in [0.2, 0.25) is 10.0 Å². The number of carbonyl (C=O) groups is 2. The van der Waals surface area contributed by atoms with Crippen LogP contribution < -0.4 is 9.64 Å². The standard InChI is InChI=1S/C34H43ClN2O6S/c1-4-29-10-5-7-17-34(23-38,42-3)30-15-12-26(30)21-37-18-8-6-9-24-19-28(35)14-11-27(24)22-43-32-16-13-25(20-31(32)37)33(39)36(2)44(29,40)41/h7,11,13-14,16-17,19-20,23,26,29-30H,4-6,8-10,12,15,18,21-22H2,1-3H3/b17-7+/t26-,29+,30+,34-/m0/s1. The van der Waals surface area contributed by atoms with Gasteiger partial charge in [-0.1, -0.05) is 30.7 Å². The van der Waals surface area contributed by atoms with E-state index in [4.69, 9.17) is 21.1 Å². The number of carbonyl (C=O) groups excluding carboxylic acids is 2. The molecule has 4 atom stereocenters. The monoisotopic (exact) mass is 642 g/mol. The summed E-state index contributed by atoms with van der Waals surface area (Å²) in [6.07, 6.45) is 10.2. The topological polar surface area (TPSA) is 93.2 Å². The Labute approximate surface area is 266 Å². The fraction of sp³-hybridized carbons (Fsp3) is 0.529. The lowest BCUT2D eigenvalue weighted by atomic mass is 9.64. The minimum atomic E-state index is -3.93. The Kier molecular flexibility index (Phi) is 10.1. The summed E-state index contributed by atoms with van der Waals surface area (Å²) in [7, 11) is -1.02. The minimum absolute atomic E-state index is 0.0234. The van der Waals surface area contributed by atoms with Gasteiger partial charge in [-0.15, -0.1) is 0 Å². The predicted octanol–water partition coefficient (Wildman–Crippen LogP) is 6.20. The minimum Gasteiger partial charge on any atom is -0.487 e. The van der Waals surface area contributed by atoms with Gasteiger partial charge in [-0.3, -0.25) is 9.59 Å². The number of ether oxygens (including phenoxy) is 2. The third kappa shape index (κ3) is 6.42. The van der Waals surface area contributed by atoms with Crippen molar-refractivity contribution in [3.05, 3.63) is 70.3 Å². The predicted molar refractivity (Wildman–Crippen MR) is 173 cm³/mol. The number of rotatable bonds is 3. The SMILES string of the molecule is CC[C@@H]1CC/C=C/[C@@](C=O)(OC)[C@@H]2CC[C@H]2CN2CCCCc3cc(Cl)ccc3COc3ccc(cc32)C(=O)N(C)S1(=O)=O. The third-order valence-electron chi connectivity index (χ3n) is 9.79. The zero-order valence-electron chi connectivity index (χ0n) is 25.8. The number of amides is 1. The lowest BCUT2D eigenvalue weighted by Crippen LogP contribution is -2.52. The molecule has 1 fully saturated rings. The number of allylic oxidation sites excluding steroid dienone is 1. The number of benzene rings is 2. The van der Waals surface area contributed by atoms with Crippen molar-refractivity contribution < 1.29 is 27.5 Å².